The molecule has 0 aliphatic carbocycles. The molecular formula is C20H20N2O5. The number of Topliss-reactive ketones (excluding diaryl/α,β-unsaturated/α-hetero) is 1. The normalized spacial score (nSPS) is 16.4. The zero-order valence-corrected chi connectivity index (χ0v) is 15.1. The summed E-state index contributed by atoms with van der Waals surface area (Å²) in [4.78, 5) is 52.3. The van der Waals surface area contributed by atoms with Gasteiger partial charge in [0.2, 0.25) is 0 Å². The first-order chi connectivity index (χ1) is 12.8. The van der Waals surface area contributed by atoms with E-state index < -0.39 is 17.4 Å². The Balaban J connectivity index is 1.87. The summed E-state index contributed by atoms with van der Waals surface area (Å²) in [6.45, 7) is 3.73. The molecule has 1 saturated heterocycles. The minimum Gasteiger partial charge on any atom is -0.478 e. The third-order valence-corrected chi connectivity index (χ3v) is 4.95. The summed E-state index contributed by atoms with van der Waals surface area (Å²) >= 11 is 0. The van der Waals surface area contributed by atoms with Gasteiger partial charge < -0.3 is 15.0 Å². The third kappa shape index (κ3) is 3.53. The van der Waals surface area contributed by atoms with Gasteiger partial charge in [-0.1, -0.05) is 18.2 Å². The summed E-state index contributed by atoms with van der Waals surface area (Å²) in [7, 11) is 0. The minimum atomic E-state index is -1.00. The number of rotatable bonds is 4. The van der Waals surface area contributed by atoms with E-state index in [-0.39, 0.29) is 22.8 Å². The summed E-state index contributed by atoms with van der Waals surface area (Å²) in [5, 5.41) is 9.37. The maximum Gasteiger partial charge on any atom is 0.335 e. The molecule has 0 saturated carbocycles. The second-order valence-corrected chi connectivity index (χ2v) is 6.74. The second-order valence-electron chi connectivity index (χ2n) is 6.74. The fourth-order valence-electron chi connectivity index (χ4n) is 3.56. The van der Waals surface area contributed by atoms with Gasteiger partial charge in [0.15, 0.2) is 5.78 Å². The van der Waals surface area contributed by atoms with Crippen LogP contribution in [-0.4, -0.2) is 45.7 Å². The molecule has 2 heterocycles. The summed E-state index contributed by atoms with van der Waals surface area (Å²) in [6, 6.07) is 8.09. The highest BCUT2D eigenvalue weighted by Gasteiger charge is 2.31. The Morgan fingerprint density at radius 1 is 1.15 bits per heavy atom. The van der Waals surface area contributed by atoms with Crippen LogP contribution in [0.5, 0.6) is 0 Å². The molecule has 3 rings (SSSR count). The standard InChI is InChI=1S/C20H20N2O5/c1-11-16(12(2)23)9-17(18(24)21-11)19(25)22-8-7-13(10-22)14-5-3-4-6-15(14)20(26)27/h3-6,9,13H,7-8,10H2,1-2H3,(H,21,24)(H,26,27). The molecular weight excluding hydrogens is 348 g/mol. The largest absolute Gasteiger partial charge is 0.478 e. The molecule has 0 spiro atoms. The number of carbonyl (C=O) groups excluding carboxylic acids is 2. The number of aromatic carboxylic acids is 1. The van der Waals surface area contributed by atoms with Gasteiger partial charge >= 0.3 is 5.97 Å². The Labute approximate surface area is 155 Å². The van der Waals surface area contributed by atoms with Gasteiger partial charge in [-0.3, -0.25) is 14.4 Å². The third-order valence-electron chi connectivity index (χ3n) is 4.95. The lowest BCUT2D eigenvalue weighted by Crippen LogP contribution is -2.33. The van der Waals surface area contributed by atoms with Crippen LogP contribution in [0.4, 0.5) is 0 Å². The zero-order chi connectivity index (χ0) is 19.7. The molecule has 2 N–H and O–H groups in total. The van der Waals surface area contributed by atoms with Crippen molar-refractivity contribution in [1.29, 1.82) is 0 Å². The average Bonchev–Trinajstić information content (AvgIpc) is 3.11. The van der Waals surface area contributed by atoms with Crippen LogP contribution >= 0.6 is 0 Å². The lowest BCUT2D eigenvalue weighted by Gasteiger charge is -2.18. The smallest absolute Gasteiger partial charge is 0.335 e. The number of likely N-dealkylation sites (tertiary alicyclic amines) is 1. The summed E-state index contributed by atoms with van der Waals surface area (Å²) < 4.78 is 0. The molecule has 1 aromatic heterocycles. The van der Waals surface area contributed by atoms with Crippen LogP contribution in [0.3, 0.4) is 0 Å². The van der Waals surface area contributed by atoms with Crippen molar-refractivity contribution >= 4 is 17.7 Å². The van der Waals surface area contributed by atoms with Crippen molar-refractivity contribution in [1.82, 2.24) is 9.88 Å². The number of nitrogens with one attached hydrogen (secondary N) is 1. The van der Waals surface area contributed by atoms with Crippen LogP contribution in [-0.2, 0) is 0 Å². The topological polar surface area (TPSA) is 108 Å². The molecule has 0 bridgehead atoms. The van der Waals surface area contributed by atoms with Crippen molar-refractivity contribution in [2.24, 2.45) is 0 Å². The number of ketones is 1. The SMILES string of the molecule is CC(=O)c1cc(C(=O)N2CCC(c3ccccc3C(=O)O)C2)c(=O)[nH]c1C. The number of carboxylic acids is 1. The van der Waals surface area contributed by atoms with Crippen LogP contribution in [0.1, 0.15) is 61.6 Å². The van der Waals surface area contributed by atoms with E-state index in [1.807, 2.05) is 0 Å². The Morgan fingerprint density at radius 2 is 1.85 bits per heavy atom. The number of carboxylic acid groups (broad SMARTS) is 1. The van der Waals surface area contributed by atoms with Gasteiger partial charge in [0.25, 0.3) is 11.5 Å². The highest BCUT2D eigenvalue weighted by atomic mass is 16.4. The maximum absolute atomic E-state index is 12.8. The Morgan fingerprint density at radius 3 is 2.52 bits per heavy atom. The lowest BCUT2D eigenvalue weighted by molar-refractivity contribution is 0.0694. The molecule has 1 aliphatic heterocycles. The first-order valence-electron chi connectivity index (χ1n) is 8.66. The summed E-state index contributed by atoms with van der Waals surface area (Å²) in [5.74, 6) is -1.80. The van der Waals surface area contributed by atoms with Crippen LogP contribution < -0.4 is 5.56 Å². The first-order valence-corrected chi connectivity index (χ1v) is 8.66. The number of aryl methyl sites for hydroxylation is 1. The van der Waals surface area contributed by atoms with Gasteiger partial charge in [-0.2, -0.15) is 0 Å². The predicted molar refractivity (Wildman–Crippen MR) is 98.5 cm³/mol. The minimum absolute atomic E-state index is 0.0713. The van der Waals surface area contributed by atoms with Crippen molar-refractivity contribution in [2.45, 2.75) is 26.2 Å². The van der Waals surface area contributed by atoms with Crippen molar-refractivity contribution in [3.8, 4) is 0 Å². The molecule has 7 nitrogen and oxygen atoms in total. The molecule has 1 unspecified atom stereocenters. The fourth-order valence-corrected chi connectivity index (χ4v) is 3.56. The van der Waals surface area contributed by atoms with Crippen molar-refractivity contribution in [2.75, 3.05) is 13.1 Å². The molecule has 1 amide bonds. The molecule has 1 aliphatic rings. The summed E-state index contributed by atoms with van der Waals surface area (Å²) in [5.41, 5.74) is 1.05. The molecule has 140 valence electrons. The first kappa shape index (κ1) is 18.6. The second kappa shape index (κ2) is 7.19. The van der Waals surface area contributed by atoms with Gasteiger partial charge in [0, 0.05) is 30.3 Å². The number of hydrogen-bond donors (Lipinski definition) is 2. The van der Waals surface area contributed by atoms with Crippen LogP contribution in [0.25, 0.3) is 0 Å². The van der Waals surface area contributed by atoms with Crippen LogP contribution in [0.2, 0.25) is 0 Å². The van der Waals surface area contributed by atoms with Crippen molar-refractivity contribution in [3.63, 3.8) is 0 Å². The van der Waals surface area contributed by atoms with E-state index in [9.17, 15) is 24.3 Å². The van der Waals surface area contributed by atoms with Crippen LogP contribution in [0.15, 0.2) is 35.1 Å². The number of H-pyrrole nitrogens is 1. The highest BCUT2D eigenvalue weighted by Crippen LogP contribution is 2.30. The van der Waals surface area contributed by atoms with Gasteiger partial charge in [-0.25, -0.2) is 4.79 Å². The molecule has 2 aromatic rings. The molecule has 1 aromatic carbocycles. The Hall–Kier alpha value is -3.22. The van der Waals surface area contributed by atoms with Crippen LogP contribution in [0, 0.1) is 6.92 Å². The van der Waals surface area contributed by atoms with E-state index in [1.54, 1.807) is 31.2 Å². The maximum atomic E-state index is 12.8. The molecule has 7 heteroatoms. The number of hydrogen-bond acceptors (Lipinski definition) is 4. The van der Waals surface area contributed by atoms with E-state index in [1.165, 1.54) is 17.9 Å². The number of pyridine rings is 1. The van der Waals surface area contributed by atoms with Gasteiger partial charge in [-0.15, -0.1) is 0 Å². The van der Waals surface area contributed by atoms with E-state index in [0.29, 0.717) is 36.3 Å². The predicted octanol–water partition coefficient (Wildman–Crippen LogP) is 2.21. The molecule has 1 fully saturated rings. The molecule has 27 heavy (non-hydrogen) atoms. The number of benzene rings is 1. The van der Waals surface area contributed by atoms with Gasteiger partial charge in [-0.05, 0) is 38.0 Å². The quantitative estimate of drug-likeness (QED) is 0.805. The Kier molecular flexibility index (Phi) is 4.94. The molecule has 1 atom stereocenters. The van der Waals surface area contributed by atoms with E-state index in [0.717, 1.165) is 0 Å². The van der Waals surface area contributed by atoms with Crippen molar-refractivity contribution < 1.29 is 19.5 Å². The number of aromatic nitrogens is 1. The monoisotopic (exact) mass is 368 g/mol. The highest BCUT2D eigenvalue weighted by molar-refractivity contribution is 6.00. The van der Waals surface area contributed by atoms with Gasteiger partial charge in [0.05, 0.1) is 5.56 Å². The molecule has 0 radical (unpaired) electrons. The van der Waals surface area contributed by atoms with E-state index in [2.05, 4.69) is 4.98 Å². The summed E-state index contributed by atoms with van der Waals surface area (Å²) in [6.07, 6.45) is 0.610. The fraction of sp³-hybridized carbons (Fsp3) is 0.300. The zero-order valence-electron chi connectivity index (χ0n) is 15.1. The van der Waals surface area contributed by atoms with E-state index >= 15 is 0 Å². The number of aromatic amines is 1. The lowest BCUT2D eigenvalue weighted by atomic mass is 9.93. The van der Waals surface area contributed by atoms with Gasteiger partial charge in [0.1, 0.15) is 5.56 Å². The van der Waals surface area contributed by atoms with E-state index in [4.69, 9.17) is 0 Å². The average molecular weight is 368 g/mol. The number of nitrogens with zero attached hydrogens (tertiary/aromatic N) is 1. The number of amides is 1. The van der Waals surface area contributed by atoms with Crippen molar-refractivity contribution in [3.05, 3.63) is 68.6 Å². The number of carbonyl (C=O) groups is 3. The Bertz CT molecular complexity index is 992.